The van der Waals surface area contributed by atoms with Crippen LogP contribution in [0.1, 0.15) is 39.5 Å². The van der Waals surface area contributed by atoms with Crippen molar-refractivity contribution in [2.24, 2.45) is 0 Å². The number of Topliss-reactive ketones (excluding diaryl/α,β-unsaturated/α-hetero) is 1. The number of piperazine rings is 1. The fourth-order valence-electron chi connectivity index (χ4n) is 5.22. The molecule has 2 aliphatic rings. The van der Waals surface area contributed by atoms with Crippen LogP contribution in [0.15, 0.2) is 78.9 Å². The predicted octanol–water partition coefficient (Wildman–Crippen LogP) is 5.17. The van der Waals surface area contributed by atoms with Gasteiger partial charge >= 0.3 is 0 Å². The highest BCUT2D eigenvalue weighted by molar-refractivity contribution is 6.52. The molecule has 0 unspecified atom stereocenters. The van der Waals surface area contributed by atoms with E-state index in [1.807, 2.05) is 25.1 Å². The second-order valence-electron chi connectivity index (χ2n) is 9.26. The third-order valence-corrected chi connectivity index (χ3v) is 6.99. The highest BCUT2D eigenvalue weighted by Gasteiger charge is 2.35. The number of hydrogen-bond acceptors (Lipinski definition) is 4. The van der Waals surface area contributed by atoms with E-state index in [1.54, 1.807) is 4.90 Å². The van der Waals surface area contributed by atoms with Crippen LogP contribution in [0.3, 0.4) is 0 Å². The Labute approximate surface area is 225 Å². The van der Waals surface area contributed by atoms with Crippen molar-refractivity contribution in [3.63, 3.8) is 0 Å². The molecule has 1 saturated heterocycles. The molecule has 0 saturated carbocycles. The van der Waals surface area contributed by atoms with Crippen molar-refractivity contribution >= 4 is 42.2 Å². The number of carbonyl (C=O) groups is 2. The maximum atomic E-state index is 12.5. The predicted molar refractivity (Wildman–Crippen MR) is 150 cm³/mol. The largest absolute Gasteiger partial charge is 0.305 e. The fraction of sp³-hybridized carbons (Fsp3) is 0.310. The summed E-state index contributed by atoms with van der Waals surface area (Å²) >= 11 is 0. The number of amides is 1. The molecule has 1 fully saturated rings. The van der Waals surface area contributed by atoms with Crippen molar-refractivity contribution in [2.45, 2.75) is 19.4 Å². The van der Waals surface area contributed by atoms with Crippen molar-refractivity contribution in [1.29, 1.82) is 0 Å². The molecule has 0 aliphatic carbocycles. The Kier molecular flexibility index (Phi) is 9.69. The minimum Gasteiger partial charge on any atom is -0.305 e. The Morgan fingerprint density at radius 3 is 1.92 bits per heavy atom. The standard InChI is InChI=1S/C29H31N3O2.2ClH/c1-22-13-14-26-25(21-22)28(33)29(34)32(26)16-8-15-30-17-19-31(20-18-30)27(23-9-4-2-5-10-23)24-11-6-3-7-12-24;;/h2-7,9-14,21,27H,8,15-20H2,1H3;2*1H. The van der Waals surface area contributed by atoms with E-state index >= 15 is 0 Å². The Bertz CT molecular complexity index is 1130. The minimum absolute atomic E-state index is 0. The van der Waals surface area contributed by atoms with Crippen molar-refractivity contribution in [1.82, 2.24) is 9.80 Å². The molecule has 0 N–H and O–H groups in total. The van der Waals surface area contributed by atoms with Gasteiger partial charge in [0.2, 0.25) is 0 Å². The van der Waals surface area contributed by atoms with Gasteiger partial charge in [-0.25, -0.2) is 0 Å². The number of carbonyl (C=O) groups excluding carboxylic acids is 2. The van der Waals surface area contributed by atoms with Gasteiger partial charge in [-0.2, -0.15) is 0 Å². The van der Waals surface area contributed by atoms with Gasteiger partial charge in [0.15, 0.2) is 0 Å². The van der Waals surface area contributed by atoms with Crippen LogP contribution < -0.4 is 4.90 Å². The van der Waals surface area contributed by atoms with Crippen molar-refractivity contribution in [3.8, 4) is 0 Å². The Balaban J connectivity index is 0.00000180. The SMILES string of the molecule is Cc1ccc2c(c1)C(=O)C(=O)N2CCCN1CCN(C(c2ccccc2)c2ccccc2)CC1.Cl.Cl. The molecule has 0 aromatic heterocycles. The van der Waals surface area contributed by atoms with Gasteiger partial charge in [-0.05, 0) is 43.1 Å². The maximum Gasteiger partial charge on any atom is 0.299 e. The molecule has 0 radical (unpaired) electrons. The quantitative estimate of drug-likeness (QED) is 0.399. The molecule has 36 heavy (non-hydrogen) atoms. The summed E-state index contributed by atoms with van der Waals surface area (Å²) < 4.78 is 0. The van der Waals surface area contributed by atoms with Gasteiger partial charge in [0, 0.05) is 32.7 Å². The third kappa shape index (κ3) is 5.81. The van der Waals surface area contributed by atoms with Crippen LogP contribution in [0.5, 0.6) is 0 Å². The summed E-state index contributed by atoms with van der Waals surface area (Å²) in [5.41, 5.74) is 4.97. The van der Waals surface area contributed by atoms with E-state index in [-0.39, 0.29) is 42.5 Å². The molecule has 7 heteroatoms. The minimum atomic E-state index is -0.390. The van der Waals surface area contributed by atoms with Crippen molar-refractivity contribution in [2.75, 3.05) is 44.2 Å². The average molecular weight is 527 g/mol. The fourth-order valence-corrected chi connectivity index (χ4v) is 5.22. The van der Waals surface area contributed by atoms with E-state index in [0.29, 0.717) is 12.1 Å². The first-order chi connectivity index (χ1) is 16.6. The summed E-state index contributed by atoms with van der Waals surface area (Å²) in [7, 11) is 0. The zero-order valence-electron chi connectivity index (χ0n) is 20.5. The van der Waals surface area contributed by atoms with Gasteiger partial charge in [0.25, 0.3) is 11.7 Å². The lowest BCUT2D eigenvalue weighted by Crippen LogP contribution is -2.48. The Hall–Kier alpha value is -2.70. The molecule has 3 aromatic carbocycles. The van der Waals surface area contributed by atoms with Crippen LogP contribution in [-0.2, 0) is 4.79 Å². The summed E-state index contributed by atoms with van der Waals surface area (Å²) in [5.74, 6) is -0.765. The normalized spacial score (nSPS) is 16.0. The first kappa shape index (κ1) is 27.9. The number of anilines is 1. The van der Waals surface area contributed by atoms with Gasteiger partial charge in [0.1, 0.15) is 0 Å². The van der Waals surface area contributed by atoms with Gasteiger partial charge in [0.05, 0.1) is 17.3 Å². The molecule has 2 aliphatic heterocycles. The van der Waals surface area contributed by atoms with Crippen molar-refractivity contribution < 1.29 is 9.59 Å². The summed E-state index contributed by atoms with van der Waals surface area (Å²) in [4.78, 5) is 31.6. The monoisotopic (exact) mass is 525 g/mol. The van der Waals surface area contributed by atoms with Crippen LogP contribution in [0.2, 0.25) is 0 Å². The second kappa shape index (κ2) is 12.5. The Morgan fingerprint density at radius 1 is 0.750 bits per heavy atom. The maximum absolute atomic E-state index is 12.5. The zero-order chi connectivity index (χ0) is 23.5. The van der Waals surface area contributed by atoms with Crippen LogP contribution in [-0.4, -0.2) is 60.8 Å². The number of fused-ring (bicyclic) bond motifs is 1. The summed E-state index contributed by atoms with van der Waals surface area (Å²) in [6.45, 7) is 7.44. The van der Waals surface area contributed by atoms with Gasteiger partial charge in [-0.15, -0.1) is 24.8 Å². The zero-order valence-corrected chi connectivity index (χ0v) is 22.1. The van der Waals surface area contributed by atoms with Gasteiger partial charge in [-0.3, -0.25) is 14.5 Å². The molecule has 2 heterocycles. The topological polar surface area (TPSA) is 43.9 Å². The lowest BCUT2D eigenvalue weighted by Gasteiger charge is -2.40. The molecule has 0 spiro atoms. The van der Waals surface area contributed by atoms with E-state index in [0.717, 1.165) is 50.4 Å². The highest BCUT2D eigenvalue weighted by Crippen LogP contribution is 2.31. The molecule has 1 amide bonds. The average Bonchev–Trinajstić information content (AvgIpc) is 3.11. The van der Waals surface area contributed by atoms with E-state index in [1.165, 1.54) is 11.1 Å². The van der Waals surface area contributed by atoms with Gasteiger partial charge < -0.3 is 9.80 Å². The van der Waals surface area contributed by atoms with E-state index in [2.05, 4.69) is 70.5 Å². The molecule has 5 rings (SSSR count). The lowest BCUT2D eigenvalue weighted by molar-refractivity contribution is -0.114. The molecule has 190 valence electrons. The Morgan fingerprint density at radius 2 is 1.33 bits per heavy atom. The second-order valence-corrected chi connectivity index (χ2v) is 9.26. The molecule has 3 aromatic rings. The first-order valence-corrected chi connectivity index (χ1v) is 12.1. The van der Waals surface area contributed by atoms with Crippen LogP contribution in [0.4, 0.5) is 5.69 Å². The van der Waals surface area contributed by atoms with E-state index < -0.39 is 0 Å². The number of nitrogens with zero attached hydrogens (tertiary/aromatic N) is 3. The van der Waals surface area contributed by atoms with Crippen LogP contribution in [0.25, 0.3) is 0 Å². The van der Waals surface area contributed by atoms with Crippen LogP contribution >= 0.6 is 24.8 Å². The molecular formula is C29H33Cl2N3O2. The van der Waals surface area contributed by atoms with Gasteiger partial charge in [-0.1, -0.05) is 72.3 Å². The number of benzene rings is 3. The van der Waals surface area contributed by atoms with Crippen molar-refractivity contribution in [3.05, 3.63) is 101 Å². The lowest BCUT2D eigenvalue weighted by atomic mass is 9.96. The number of ketones is 1. The molecule has 5 nitrogen and oxygen atoms in total. The van der Waals surface area contributed by atoms with Crippen LogP contribution in [0, 0.1) is 6.92 Å². The third-order valence-electron chi connectivity index (χ3n) is 6.99. The summed E-state index contributed by atoms with van der Waals surface area (Å²) in [5, 5.41) is 0. The molecular weight excluding hydrogens is 493 g/mol. The first-order valence-electron chi connectivity index (χ1n) is 12.1. The molecule has 0 atom stereocenters. The van der Waals surface area contributed by atoms with E-state index in [9.17, 15) is 9.59 Å². The number of halogens is 2. The smallest absolute Gasteiger partial charge is 0.299 e. The summed E-state index contributed by atoms with van der Waals surface area (Å²) in [6.07, 6.45) is 0.854. The highest BCUT2D eigenvalue weighted by atomic mass is 35.5. The molecule has 0 bridgehead atoms. The number of rotatable bonds is 7. The van der Waals surface area contributed by atoms with E-state index in [4.69, 9.17) is 0 Å². The number of hydrogen-bond donors (Lipinski definition) is 0. The summed E-state index contributed by atoms with van der Waals surface area (Å²) in [6, 6.07) is 27.4. The number of aryl methyl sites for hydroxylation is 1.